The summed E-state index contributed by atoms with van der Waals surface area (Å²) in [6.07, 6.45) is 3.24. The van der Waals surface area contributed by atoms with Gasteiger partial charge in [-0.2, -0.15) is 5.10 Å². The van der Waals surface area contributed by atoms with E-state index in [9.17, 15) is 4.79 Å². The molecule has 0 aliphatic heterocycles. The van der Waals surface area contributed by atoms with Crippen LogP contribution in [0, 0.1) is 13.8 Å². The van der Waals surface area contributed by atoms with Crippen molar-refractivity contribution in [3.05, 3.63) is 47.3 Å². The molecule has 1 aromatic carbocycles. The van der Waals surface area contributed by atoms with Crippen LogP contribution >= 0.6 is 0 Å². The highest BCUT2D eigenvalue weighted by Crippen LogP contribution is 2.18. The third kappa shape index (κ3) is 3.06. The predicted molar refractivity (Wildman–Crippen MR) is 81.2 cm³/mol. The topological polar surface area (TPSA) is 72.9 Å². The van der Waals surface area contributed by atoms with Crippen molar-refractivity contribution in [2.45, 2.75) is 13.8 Å². The number of carbonyl (C=O) groups is 1. The first kappa shape index (κ1) is 13.9. The van der Waals surface area contributed by atoms with Crippen LogP contribution in [0.25, 0.3) is 6.08 Å². The predicted octanol–water partition coefficient (Wildman–Crippen LogP) is 2.27. The molecule has 0 aliphatic rings. The first-order chi connectivity index (χ1) is 9.47. The van der Waals surface area contributed by atoms with Gasteiger partial charge in [0.05, 0.1) is 17.1 Å². The lowest BCUT2D eigenvalue weighted by Crippen LogP contribution is -2.09. The Hall–Kier alpha value is -2.56. The highest BCUT2D eigenvalue weighted by atomic mass is 16.1. The van der Waals surface area contributed by atoms with Gasteiger partial charge >= 0.3 is 0 Å². The van der Waals surface area contributed by atoms with Gasteiger partial charge < -0.3 is 11.1 Å². The normalized spacial score (nSPS) is 10.9. The maximum Gasteiger partial charge on any atom is 0.248 e. The average molecular weight is 270 g/mol. The molecule has 1 heterocycles. The zero-order chi connectivity index (χ0) is 14.7. The number of nitrogens with two attached hydrogens (primary N) is 1. The minimum atomic E-state index is -0.180. The lowest BCUT2D eigenvalue weighted by Gasteiger charge is -2.02. The minimum Gasteiger partial charge on any atom is -0.399 e. The molecule has 1 aromatic heterocycles. The van der Waals surface area contributed by atoms with Crippen molar-refractivity contribution in [1.82, 2.24) is 9.78 Å². The van der Waals surface area contributed by atoms with Gasteiger partial charge in [-0.1, -0.05) is 12.1 Å². The second-order valence-corrected chi connectivity index (χ2v) is 4.66. The average Bonchev–Trinajstić information content (AvgIpc) is 2.65. The van der Waals surface area contributed by atoms with E-state index in [-0.39, 0.29) is 5.91 Å². The molecule has 0 radical (unpaired) electrons. The zero-order valence-electron chi connectivity index (χ0n) is 11.8. The van der Waals surface area contributed by atoms with Crippen molar-refractivity contribution in [1.29, 1.82) is 0 Å². The Morgan fingerprint density at radius 2 is 1.95 bits per heavy atom. The number of nitrogens with zero attached hydrogens (tertiary/aromatic N) is 2. The molecule has 2 rings (SSSR count). The molecule has 0 aliphatic carbocycles. The van der Waals surface area contributed by atoms with E-state index in [4.69, 9.17) is 5.73 Å². The molecule has 5 nitrogen and oxygen atoms in total. The summed E-state index contributed by atoms with van der Waals surface area (Å²) >= 11 is 0. The van der Waals surface area contributed by atoms with Gasteiger partial charge in [-0.25, -0.2) is 0 Å². The molecule has 3 N–H and O–H groups in total. The summed E-state index contributed by atoms with van der Waals surface area (Å²) in [4.78, 5) is 11.9. The largest absolute Gasteiger partial charge is 0.399 e. The van der Waals surface area contributed by atoms with E-state index < -0.39 is 0 Å². The van der Waals surface area contributed by atoms with Crippen LogP contribution in [-0.2, 0) is 11.8 Å². The molecule has 0 fully saturated rings. The van der Waals surface area contributed by atoms with Crippen LogP contribution in [0.4, 0.5) is 11.4 Å². The van der Waals surface area contributed by atoms with Crippen LogP contribution in [0.5, 0.6) is 0 Å². The van der Waals surface area contributed by atoms with E-state index >= 15 is 0 Å². The Bertz CT molecular complexity index is 653. The molecule has 2 aromatic rings. The Morgan fingerprint density at radius 1 is 1.30 bits per heavy atom. The molecule has 5 heteroatoms. The monoisotopic (exact) mass is 270 g/mol. The van der Waals surface area contributed by atoms with Gasteiger partial charge in [0.15, 0.2) is 0 Å². The second-order valence-electron chi connectivity index (χ2n) is 4.66. The van der Waals surface area contributed by atoms with Crippen LogP contribution in [-0.4, -0.2) is 15.7 Å². The standard InChI is InChI=1S/C15H18N4O/c1-10-15(11(2)19(3)18-10)17-14(20)9-6-12-4-7-13(16)8-5-12/h4-9H,16H2,1-3H3,(H,17,20)/b9-6+. The smallest absolute Gasteiger partial charge is 0.248 e. The molecule has 20 heavy (non-hydrogen) atoms. The van der Waals surface area contributed by atoms with Crippen molar-refractivity contribution in [3.63, 3.8) is 0 Å². The molecule has 0 spiro atoms. The van der Waals surface area contributed by atoms with Gasteiger partial charge in [0, 0.05) is 18.8 Å². The Kier molecular flexibility index (Phi) is 3.89. The molecular weight excluding hydrogens is 252 g/mol. The van der Waals surface area contributed by atoms with E-state index in [1.807, 2.05) is 33.0 Å². The van der Waals surface area contributed by atoms with Crippen LogP contribution in [0.1, 0.15) is 17.0 Å². The lowest BCUT2D eigenvalue weighted by molar-refractivity contribution is -0.111. The molecule has 0 unspecified atom stereocenters. The fourth-order valence-corrected chi connectivity index (χ4v) is 1.90. The molecule has 0 atom stereocenters. The van der Waals surface area contributed by atoms with E-state index in [1.165, 1.54) is 6.08 Å². The quantitative estimate of drug-likeness (QED) is 0.663. The number of aryl methyl sites for hydroxylation is 2. The van der Waals surface area contributed by atoms with E-state index in [0.717, 1.165) is 22.6 Å². The number of carbonyl (C=O) groups excluding carboxylic acids is 1. The molecule has 0 bridgehead atoms. The first-order valence-electron chi connectivity index (χ1n) is 6.32. The first-order valence-corrected chi connectivity index (χ1v) is 6.32. The molecule has 1 amide bonds. The summed E-state index contributed by atoms with van der Waals surface area (Å²) < 4.78 is 1.74. The number of aromatic nitrogens is 2. The van der Waals surface area contributed by atoms with Crippen LogP contribution in [0.2, 0.25) is 0 Å². The van der Waals surface area contributed by atoms with Gasteiger partial charge in [0.2, 0.25) is 5.91 Å². The summed E-state index contributed by atoms with van der Waals surface area (Å²) in [6, 6.07) is 7.32. The zero-order valence-corrected chi connectivity index (χ0v) is 11.8. The maximum atomic E-state index is 11.9. The Morgan fingerprint density at radius 3 is 2.50 bits per heavy atom. The van der Waals surface area contributed by atoms with Crippen LogP contribution < -0.4 is 11.1 Å². The number of rotatable bonds is 3. The van der Waals surface area contributed by atoms with Crippen molar-refractivity contribution < 1.29 is 4.79 Å². The molecule has 0 saturated heterocycles. The van der Waals surface area contributed by atoms with E-state index in [1.54, 1.807) is 22.9 Å². The summed E-state index contributed by atoms with van der Waals surface area (Å²) in [6.45, 7) is 3.78. The summed E-state index contributed by atoms with van der Waals surface area (Å²) in [5.74, 6) is -0.180. The number of anilines is 2. The molecule has 0 saturated carbocycles. The van der Waals surface area contributed by atoms with E-state index in [0.29, 0.717) is 5.69 Å². The van der Waals surface area contributed by atoms with Crippen molar-refractivity contribution >= 4 is 23.4 Å². The van der Waals surface area contributed by atoms with Gasteiger partial charge in [-0.05, 0) is 37.6 Å². The van der Waals surface area contributed by atoms with Gasteiger partial charge in [-0.3, -0.25) is 9.48 Å². The van der Waals surface area contributed by atoms with Crippen LogP contribution in [0.15, 0.2) is 30.3 Å². The molecule has 104 valence electrons. The minimum absolute atomic E-state index is 0.180. The maximum absolute atomic E-state index is 11.9. The van der Waals surface area contributed by atoms with Crippen molar-refractivity contribution in [3.8, 4) is 0 Å². The number of benzene rings is 1. The summed E-state index contributed by atoms with van der Waals surface area (Å²) in [5, 5.41) is 7.10. The van der Waals surface area contributed by atoms with Crippen molar-refractivity contribution in [2.75, 3.05) is 11.1 Å². The van der Waals surface area contributed by atoms with Gasteiger partial charge in [-0.15, -0.1) is 0 Å². The SMILES string of the molecule is Cc1nn(C)c(C)c1NC(=O)/C=C/c1ccc(N)cc1. The highest BCUT2D eigenvalue weighted by Gasteiger charge is 2.10. The van der Waals surface area contributed by atoms with Crippen molar-refractivity contribution in [2.24, 2.45) is 7.05 Å². The van der Waals surface area contributed by atoms with E-state index in [2.05, 4.69) is 10.4 Å². The lowest BCUT2D eigenvalue weighted by atomic mass is 10.2. The second kappa shape index (κ2) is 5.61. The molecular formula is C15H18N4O. The van der Waals surface area contributed by atoms with Crippen LogP contribution in [0.3, 0.4) is 0 Å². The number of hydrogen-bond acceptors (Lipinski definition) is 3. The Labute approximate surface area is 118 Å². The Balaban J connectivity index is 2.07. The fourth-order valence-electron chi connectivity index (χ4n) is 1.90. The summed E-state index contributed by atoms with van der Waals surface area (Å²) in [7, 11) is 1.85. The van der Waals surface area contributed by atoms with Gasteiger partial charge in [0.1, 0.15) is 0 Å². The highest BCUT2D eigenvalue weighted by molar-refractivity contribution is 6.02. The summed E-state index contributed by atoms with van der Waals surface area (Å²) in [5.41, 5.74) is 9.73. The number of nitrogen functional groups attached to an aromatic ring is 1. The number of amides is 1. The number of hydrogen-bond donors (Lipinski definition) is 2. The fraction of sp³-hybridized carbons (Fsp3) is 0.200. The number of nitrogens with one attached hydrogen (secondary N) is 1. The third-order valence-electron chi connectivity index (χ3n) is 3.12. The third-order valence-corrected chi connectivity index (χ3v) is 3.12. The van der Waals surface area contributed by atoms with Gasteiger partial charge in [0.25, 0.3) is 0 Å².